The highest BCUT2D eigenvalue weighted by Crippen LogP contribution is 2.32. The summed E-state index contributed by atoms with van der Waals surface area (Å²) < 4.78 is 18.9. The van der Waals surface area contributed by atoms with Crippen molar-refractivity contribution in [2.75, 3.05) is 6.61 Å². The number of thiazole rings is 1. The standard InChI is InChI=1S/C31H28N2O7S/c1-5-38-20-12-10-19(11-13-20)27-26(30(37)39-17(2)3)18(4)32-31-33(27)28(34)25(41-31)16-21-14-15-24(40-21)22-8-6-7-9-23(22)29(35)36/h6-17,27H,5H2,1-4H3,(H,35,36)/b25-16+/t27-/m1/s1. The van der Waals surface area contributed by atoms with Crippen LogP contribution in [-0.2, 0) is 9.53 Å². The fourth-order valence-corrected chi connectivity index (χ4v) is 5.70. The zero-order valence-electron chi connectivity index (χ0n) is 22.9. The molecule has 1 N–H and O–H groups in total. The number of ether oxygens (including phenoxy) is 2. The largest absolute Gasteiger partial charge is 0.494 e. The third-order valence-corrected chi connectivity index (χ3v) is 7.40. The van der Waals surface area contributed by atoms with Crippen LogP contribution in [0, 0.1) is 0 Å². The van der Waals surface area contributed by atoms with Gasteiger partial charge in [0.25, 0.3) is 5.56 Å². The molecule has 1 aliphatic heterocycles. The van der Waals surface area contributed by atoms with Gasteiger partial charge in [-0.1, -0.05) is 41.7 Å². The number of carbonyl (C=O) groups is 2. The SMILES string of the molecule is CCOc1ccc([C@@H]2C(C(=O)OC(C)C)=C(C)N=c3s/c(=C/c4ccc(-c5ccccc5C(=O)O)o4)c(=O)n32)cc1. The van der Waals surface area contributed by atoms with Crippen LogP contribution in [0.15, 0.2) is 86.1 Å². The lowest BCUT2D eigenvalue weighted by Gasteiger charge is -2.25. The van der Waals surface area contributed by atoms with Gasteiger partial charge in [0.2, 0.25) is 0 Å². The number of aromatic carboxylic acids is 1. The Bertz CT molecular complexity index is 1840. The summed E-state index contributed by atoms with van der Waals surface area (Å²) in [5.41, 5.74) is 1.65. The molecule has 2 aromatic heterocycles. The quantitative estimate of drug-likeness (QED) is 0.308. The van der Waals surface area contributed by atoms with Crippen LogP contribution in [0.4, 0.5) is 0 Å². The number of nitrogens with zero attached hydrogens (tertiary/aromatic N) is 2. The molecule has 0 unspecified atom stereocenters. The van der Waals surface area contributed by atoms with E-state index in [1.54, 1.807) is 69.3 Å². The van der Waals surface area contributed by atoms with Gasteiger partial charge in [-0.25, -0.2) is 14.6 Å². The number of benzene rings is 2. The highest BCUT2D eigenvalue weighted by atomic mass is 32.1. The predicted molar refractivity (Wildman–Crippen MR) is 154 cm³/mol. The third-order valence-electron chi connectivity index (χ3n) is 6.41. The van der Waals surface area contributed by atoms with Crippen LogP contribution in [0.5, 0.6) is 5.75 Å². The number of carboxylic acid groups (broad SMARTS) is 1. The summed E-state index contributed by atoms with van der Waals surface area (Å²) in [7, 11) is 0. The van der Waals surface area contributed by atoms with Gasteiger partial charge in [-0.2, -0.15) is 0 Å². The number of aromatic nitrogens is 1. The van der Waals surface area contributed by atoms with Gasteiger partial charge in [-0.05, 0) is 63.6 Å². The molecule has 0 saturated heterocycles. The zero-order chi connectivity index (χ0) is 29.3. The number of fused-ring (bicyclic) bond motifs is 1. The maximum atomic E-state index is 13.9. The van der Waals surface area contributed by atoms with E-state index in [0.717, 1.165) is 0 Å². The highest BCUT2D eigenvalue weighted by molar-refractivity contribution is 7.07. The second-order valence-corrected chi connectivity index (χ2v) is 10.6. The molecule has 1 aliphatic rings. The van der Waals surface area contributed by atoms with Gasteiger partial charge in [0.1, 0.15) is 17.3 Å². The van der Waals surface area contributed by atoms with Gasteiger partial charge < -0.3 is 19.0 Å². The number of hydrogen-bond acceptors (Lipinski definition) is 8. The molecule has 10 heteroatoms. The monoisotopic (exact) mass is 572 g/mol. The molecule has 2 aromatic carbocycles. The Kier molecular flexibility index (Phi) is 7.76. The summed E-state index contributed by atoms with van der Waals surface area (Å²) in [6.07, 6.45) is 1.24. The molecule has 0 spiro atoms. The second-order valence-electron chi connectivity index (χ2n) is 9.59. The molecule has 5 rings (SSSR count). The van der Waals surface area contributed by atoms with E-state index in [4.69, 9.17) is 13.9 Å². The maximum absolute atomic E-state index is 13.9. The Balaban J connectivity index is 1.62. The van der Waals surface area contributed by atoms with Crippen LogP contribution < -0.4 is 19.6 Å². The summed E-state index contributed by atoms with van der Waals surface area (Å²) >= 11 is 1.17. The summed E-state index contributed by atoms with van der Waals surface area (Å²) in [5.74, 6) is -0.193. The van der Waals surface area contributed by atoms with Crippen LogP contribution in [0.2, 0.25) is 0 Å². The lowest BCUT2D eigenvalue weighted by atomic mass is 9.96. The number of carboxylic acids is 1. The first-order chi connectivity index (χ1) is 19.7. The highest BCUT2D eigenvalue weighted by Gasteiger charge is 2.34. The summed E-state index contributed by atoms with van der Waals surface area (Å²) in [4.78, 5) is 43.8. The summed E-state index contributed by atoms with van der Waals surface area (Å²) in [5, 5.41) is 9.54. The molecule has 3 heterocycles. The molecule has 1 atom stereocenters. The number of rotatable bonds is 8. The topological polar surface area (TPSA) is 120 Å². The maximum Gasteiger partial charge on any atom is 0.338 e. The Morgan fingerprint density at radius 2 is 1.85 bits per heavy atom. The molecule has 0 aliphatic carbocycles. The van der Waals surface area contributed by atoms with E-state index in [-0.39, 0.29) is 22.8 Å². The van der Waals surface area contributed by atoms with Gasteiger partial charge in [0.05, 0.1) is 40.1 Å². The van der Waals surface area contributed by atoms with Crippen molar-refractivity contribution in [2.24, 2.45) is 4.99 Å². The van der Waals surface area contributed by atoms with Crippen molar-refractivity contribution in [2.45, 2.75) is 39.8 Å². The third kappa shape index (κ3) is 5.51. The first-order valence-electron chi connectivity index (χ1n) is 13.1. The first-order valence-corrected chi connectivity index (χ1v) is 13.9. The van der Waals surface area contributed by atoms with Crippen LogP contribution in [-0.4, -0.2) is 34.3 Å². The van der Waals surface area contributed by atoms with Gasteiger partial charge in [0, 0.05) is 11.6 Å². The van der Waals surface area contributed by atoms with Gasteiger partial charge in [-0.15, -0.1) is 0 Å². The first kappa shape index (κ1) is 27.9. The lowest BCUT2D eigenvalue weighted by Crippen LogP contribution is -2.40. The fraction of sp³-hybridized carbons (Fsp3) is 0.226. The van der Waals surface area contributed by atoms with E-state index in [1.165, 1.54) is 22.0 Å². The average molecular weight is 573 g/mol. The molecule has 9 nitrogen and oxygen atoms in total. The van der Waals surface area contributed by atoms with E-state index >= 15 is 0 Å². The minimum absolute atomic E-state index is 0.111. The number of carbonyl (C=O) groups excluding carboxylic acids is 1. The van der Waals surface area contributed by atoms with Crippen LogP contribution in [0.1, 0.15) is 55.4 Å². The van der Waals surface area contributed by atoms with Crippen molar-refractivity contribution in [3.8, 4) is 17.1 Å². The molecule has 210 valence electrons. The predicted octanol–water partition coefficient (Wildman–Crippen LogP) is 4.54. The van der Waals surface area contributed by atoms with E-state index in [0.29, 0.717) is 50.0 Å². The van der Waals surface area contributed by atoms with Crippen molar-refractivity contribution >= 4 is 29.4 Å². The van der Waals surface area contributed by atoms with Crippen molar-refractivity contribution in [1.82, 2.24) is 4.57 Å². The molecule has 0 saturated carbocycles. The van der Waals surface area contributed by atoms with E-state index in [1.807, 2.05) is 19.1 Å². The van der Waals surface area contributed by atoms with E-state index < -0.39 is 18.0 Å². The Morgan fingerprint density at radius 3 is 2.54 bits per heavy atom. The van der Waals surface area contributed by atoms with Crippen LogP contribution in [0.25, 0.3) is 17.4 Å². The molecule has 4 aromatic rings. The minimum atomic E-state index is -1.07. The molecule has 41 heavy (non-hydrogen) atoms. The Morgan fingerprint density at radius 1 is 1.12 bits per heavy atom. The van der Waals surface area contributed by atoms with Crippen molar-refractivity contribution in [3.05, 3.63) is 109 Å². The number of esters is 1. The number of furan rings is 1. The molecular weight excluding hydrogens is 544 g/mol. The molecule has 0 bridgehead atoms. The minimum Gasteiger partial charge on any atom is -0.494 e. The normalized spacial score (nSPS) is 15.0. The van der Waals surface area contributed by atoms with Crippen molar-refractivity contribution in [3.63, 3.8) is 0 Å². The van der Waals surface area contributed by atoms with E-state index in [9.17, 15) is 19.5 Å². The zero-order valence-corrected chi connectivity index (χ0v) is 23.7. The Labute approximate surface area is 239 Å². The number of allylic oxidation sites excluding steroid dienone is 1. The van der Waals surface area contributed by atoms with Crippen LogP contribution in [0.3, 0.4) is 0 Å². The molecule has 0 amide bonds. The molecule has 0 fully saturated rings. The lowest BCUT2D eigenvalue weighted by molar-refractivity contribution is -0.143. The van der Waals surface area contributed by atoms with Crippen LogP contribution >= 0.6 is 11.3 Å². The molecule has 0 radical (unpaired) electrons. The van der Waals surface area contributed by atoms with Crippen molar-refractivity contribution < 1.29 is 28.6 Å². The van der Waals surface area contributed by atoms with Gasteiger partial charge >= 0.3 is 11.9 Å². The summed E-state index contributed by atoms with van der Waals surface area (Å²) in [6.45, 7) is 7.66. The van der Waals surface area contributed by atoms with Gasteiger partial charge in [-0.3, -0.25) is 9.36 Å². The summed E-state index contributed by atoms with van der Waals surface area (Å²) in [6, 6.07) is 16.4. The van der Waals surface area contributed by atoms with Crippen molar-refractivity contribution in [1.29, 1.82) is 0 Å². The van der Waals surface area contributed by atoms with Gasteiger partial charge in [0.15, 0.2) is 4.80 Å². The molecular formula is C31H28N2O7S. The smallest absolute Gasteiger partial charge is 0.338 e. The Hall–Kier alpha value is -4.70. The van der Waals surface area contributed by atoms with E-state index in [2.05, 4.69) is 4.99 Å². The fourth-order valence-electron chi connectivity index (χ4n) is 4.68. The second kappa shape index (κ2) is 11.4. The average Bonchev–Trinajstić information content (AvgIpc) is 3.52. The number of hydrogen-bond donors (Lipinski definition) is 1.